The minimum atomic E-state index is 0.0362. The molecule has 18 heavy (non-hydrogen) atoms. The molecule has 0 aliphatic carbocycles. The van der Waals surface area contributed by atoms with Crippen LogP contribution >= 0.6 is 15.9 Å². The van der Waals surface area contributed by atoms with E-state index in [1.807, 2.05) is 42.5 Å². The van der Waals surface area contributed by atoms with E-state index in [0.717, 1.165) is 27.1 Å². The lowest BCUT2D eigenvalue weighted by molar-refractivity contribution is 0.281. The van der Waals surface area contributed by atoms with Gasteiger partial charge in [0.05, 0.1) is 6.61 Å². The van der Waals surface area contributed by atoms with Crippen molar-refractivity contribution in [1.82, 2.24) is 0 Å². The summed E-state index contributed by atoms with van der Waals surface area (Å²) in [5, 5.41) is 8.96. The summed E-state index contributed by atoms with van der Waals surface area (Å²) in [6, 6.07) is 13.1. The lowest BCUT2D eigenvalue weighted by Gasteiger charge is -2.08. The molecule has 0 fully saturated rings. The fourth-order valence-electron chi connectivity index (χ4n) is 1.60. The molecule has 0 saturated heterocycles. The highest BCUT2D eigenvalue weighted by molar-refractivity contribution is 9.10. The molecule has 2 aromatic rings. The maximum atomic E-state index is 8.96. The quantitative estimate of drug-likeness (QED) is 0.912. The Balaban J connectivity index is 2.19. The standard InChI is InChI=1S/C14H14BrNO2/c15-12-5-11(8-16)6-14(7-12)18-13-3-1-10(9-17)2-4-13/h1-7,17H,8-9,16H2. The third-order valence-corrected chi connectivity index (χ3v) is 2.97. The normalized spacial score (nSPS) is 10.4. The van der Waals surface area contributed by atoms with Gasteiger partial charge in [-0.1, -0.05) is 28.1 Å². The third kappa shape index (κ3) is 3.32. The fourth-order valence-corrected chi connectivity index (χ4v) is 2.12. The average Bonchev–Trinajstić information content (AvgIpc) is 2.39. The van der Waals surface area contributed by atoms with E-state index >= 15 is 0 Å². The van der Waals surface area contributed by atoms with Crippen LogP contribution in [-0.2, 0) is 13.2 Å². The SMILES string of the molecule is NCc1cc(Br)cc(Oc2ccc(CO)cc2)c1. The molecule has 0 saturated carbocycles. The van der Waals surface area contributed by atoms with Crippen LogP contribution in [0.15, 0.2) is 46.9 Å². The van der Waals surface area contributed by atoms with Crippen molar-refractivity contribution >= 4 is 15.9 Å². The van der Waals surface area contributed by atoms with E-state index in [1.165, 1.54) is 0 Å². The zero-order chi connectivity index (χ0) is 13.0. The summed E-state index contributed by atoms with van der Waals surface area (Å²) in [6.07, 6.45) is 0. The maximum Gasteiger partial charge on any atom is 0.128 e. The molecule has 3 N–H and O–H groups in total. The second-order valence-corrected chi connectivity index (χ2v) is 4.82. The molecule has 0 spiro atoms. The number of nitrogens with two attached hydrogens (primary N) is 1. The van der Waals surface area contributed by atoms with Crippen molar-refractivity contribution in [2.45, 2.75) is 13.2 Å². The molecule has 3 nitrogen and oxygen atoms in total. The molecular weight excluding hydrogens is 294 g/mol. The first-order valence-electron chi connectivity index (χ1n) is 5.58. The van der Waals surface area contributed by atoms with Gasteiger partial charge in [-0.15, -0.1) is 0 Å². The Morgan fingerprint density at radius 2 is 1.72 bits per heavy atom. The summed E-state index contributed by atoms with van der Waals surface area (Å²) >= 11 is 3.42. The highest BCUT2D eigenvalue weighted by Crippen LogP contribution is 2.26. The Morgan fingerprint density at radius 3 is 2.33 bits per heavy atom. The van der Waals surface area contributed by atoms with E-state index in [0.29, 0.717) is 6.54 Å². The van der Waals surface area contributed by atoms with Crippen LogP contribution in [0, 0.1) is 0 Å². The van der Waals surface area contributed by atoms with Gasteiger partial charge >= 0.3 is 0 Å². The van der Waals surface area contributed by atoms with Crippen molar-refractivity contribution in [1.29, 1.82) is 0 Å². The summed E-state index contributed by atoms with van der Waals surface area (Å²) in [6.45, 7) is 0.508. The summed E-state index contributed by atoms with van der Waals surface area (Å²) in [5.41, 5.74) is 7.48. The predicted octanol–water partition coefficient (Wildman–Crippen LogP) is 3.19. The molecule has 0 aliphatic rings. The van der Waals surface area contributed by atoms with Gasteiger partial charge in [0.25, 0.3) is 0 Å². The highest BCUT2D eigenvalue weighted by atomic mass is 79.9. The van der Waals surface area contributed by atoms with E-state index in [2.05, 4.69) is 15.9 Å². The molecule has 0 aromatic heterocycles. The molecule has 0 atom stereocenters. The van der Waals surface area contributed by atoms with E-state index < -0.39 is 0 Å². The monoisotopic (exact) mass is 307 g/mol. The van der Waals surface area contributed by atoms with Crippen LogP contribution in [0.2, 0.25) is 0 Å². The van der Waals surface area contributed by atoms with Crippen LogP contribution in [-0.4, -0.2) is 5.11 Å². The lowest BCUT2D eigenvalue weighted by atomic mass is 10.2. The summed E-state index contributed by atoms with van der Waals surface area (Å²) in [5.74, 6) is 1.47. The van der Waals surface area contributed by atoms with Crippen LogP contribution in [0.5, 0.6) is 11.5 Å². The third-order valence-electron chi connectivity index (χ3n) is 2.51. The largest absolute Gasteiger partial charge is 0.457 e. The molecule has 0 heterocycles. The molecular formula is C14H14BrNO2. The minimum Gasteiger partial charge on any atom is -0.457 e. The minimum absolute atomic E-state index is 0.0362. The zero-order valence-corrected chi connectivity index (χ0v) is 11.4. The Kier molecular flexibility index (Phi) is 4.36. The molecule has 0 radical (unpaired) electrons. The van der Waals surface area contributed by atoms with Crippen molar-refractivity contribution in [3.8, 4) is 11.5 Å². The van der Waals surface area contributed by atoms with Gasteiger partial charge in [0, 0.05) is 11.0 Å². The number of aliphatic hydroxyl groups is 1. The summed E-state index contributed by atoms with van der Waals surface area (Å²) in [4.78, 5) is 0. The molecule has 0 unspecified atom stereocenters. The molecule has 2 aromatic carbocycles. The number of ether oxygens (including phenoxy) is 1. The van der Waals surface area contributed by atoms with E-state index in [-0.39, 0.29) is 6.61 Å². The van der Waals surface area contributed by atoms with Gasteiger partial charge in [-0.2, -0.15) is 0 Å². The Hall–Kier alpha value is -1.36. The zero-order valence-electron chi connectivity index (χ0n) is 9.77. The number of halogens is 1. The maximum absolute atomic E-state index is 8.96. The van der Waals surface area contributed by atoms with Gasteiger partial charge < -0.3 is 15.6 Å². The first kappa shape index (κ1) is 13.1. The Labute approximate surface area is 114 Å². The number of aliphatic hydroxyl groups excluding tert-OH is 1. The van der Waals surface area contributed by atoms with Crippen molar-refractivity contribution in [2.75, 3.05) is 0 Å². The van der Waals surface area contributed by atoms with Gasteiger partial charge in [-0.05, 0) is 41.5 Å². The van der Waals surface area contributed by atoms with Crippen molar-refractivity contribution in [2.24, 2.45) is 5.73 Å². The molecule has 0 amide bonds. The number of benzene rings is 2. The molecule has 0 bridgehead atoms. The topological polar surface area (TPSA) is 55.5 Å². The predicted molar refractivity (Wildman–Crippen MR) is 74.5 cm³/mol. The van der Waals surface area contributed by atoms with Crippen molar-refractivity contribution in [3.05, 3.63) is 58.1 Å². The smallest absolute Gasteiger partial charge is 0.128 e. The molecule has 0 aliphatic heterocycles. The van der Waals surface area contributed by atoms with Gasteiger partial charge in [-0.3, -0.25) is 0 Å². The summed E-state index contributed by atoms with van der Waals surface area (Å²) < 4.78 is 6.67. The van der Waals surface area contributed by atoms with Gasteiger partial charge in [0.1, 0.15) is 11.5 Å². The fraction of sp³-hybridized carbons (Fsp3) is 0.143. The second-order valence-electron chi connectivity index (χ2n) is 3.90. The number of rotatable bonds is 4. The molecule has 94 valence electrons. The number of hydrogen-bond acceptors (Lipinski definition) is 3. The van der Waals surface area contributed by atoms with Crippen LogP contribution in [0.25, 0.3) is 0 Å². The average molecular weight is 308 g/mol. The van der Waals surface area contributed by atoms with Crippen molar-refractivity contribution < 1.29 is 9.84 Å². The van der Waals surface area contributed by atoms with E-state index in [1.54, 1.807) is 0 Å². The van der Waals surface area contributed by atoms with Crippen LogP contribution in [0.1, 0.15) is 11.1 Å². The first-order chi connectivity index (χ1) is 8.71. The highest BCUT2D eigenvalue weighted by Gasteiger charge is 2.01. The van der Waals surface area contributed by atoms with Gasteiger partial charge in [-0.25, -0.2) is 0 Å². The van der Waals surface area contributed by atoms with E-state index in [4.69, 9.17) is 15.6 Å². The van der Waals surface area contributed by atoms with Crippen molar-refractivity contribution in [3.63, 3.8) is 0 Å². The van der Waals surface area contributed by atoms with Gasteiger partial charge in [0.2, 0.25) is 0 Å². The van der Waals surface area contributed by atoms with Crippen LogP contribution < -0.4 is 10.5 Å². The van der Waals surface area contributed by atoms with Crippen LogP contribution in [0.4, 0.5) is 0 Å². The Morgan fingerprint density at radius 1 is 1.00 bits per heavy atom. The first-order valence-corrected chi connectivity index (χ1v) is 6.38. The molecule has 2 rings (SSSR count). The lowest BCUT2D eigenvalue weighted by Crippen LogP contribution is -1.96. The van der Waals surface area contributed by atoms with Gasteiger partial charge in [0.15, 0.2) is 0 Å². The van der Waals surface area contributed by atoms with E-state index in [9.17, 15) is 0 Å². The Bertz CT molecular complexity index is 526. The number of hydrogen-bond donors (Lipinski definition) is 2. The second kappa shape index (κ2) is 6.00. The molecule has 4 heteroatoms. The van der Waals surface area contributed by atoms with Crippen LogP contribution in [0.3, 0.4) is 0 Å². The summed E-state index contributed by atoms with van der Waals surface area (Å²) in [7, 11) is 0.